The van der Waals surface area contributed by atoms with Gasteiger partial charge in [-0.05, 0) is 53.7 Å². The van der Waals surface area contributed by atoms with Crippen LogP contribution in [0.4, 0.5) is 15.3 Å². The van der Waals surface area contributed by atoms with Gasteiger partial charge in [0.2, 0.25) is 0 Å². The molecule has 2 heterocycles. The molecule has 162 valence electrons. The molecular weight excluding hydrogens is 398 g/mol. The van der Waals surface area contributed by atoms with E-state index in [1.54, 1.807) is 70.5 Å². The van der Waals surface area contributed by atoms with Crippen molar-refractivity contribution in [3.63, 3.8) is 0 Å². The van der Waals surface area contributed by atoms with Crippen LogP contribution in [0.1, 0.15) is 47.2 Å². The summed E-state index contributed by atoms with van der Waals surface area (Å²) in [7, 11) is -1.59. The highest BCUT2D eigenvalue weighted by Crippen LogP contribution is 2.26. The molecule has 0 aliphatic rings. The number of nitrogens with zero attached hydrogens (tertiary/aromatic N) is 3. The fourth-order valence-corrected chi connectivity index (χ4v) is 2.90. The lowest BCUT2D eigenvalue weighted by atomic mass is 10.2. The van der Waals surface area contributed by atoms with Crippen LogP contribution < -0.4 is 4.90 Å². The molecule has 2 aromatic heterocycles. The van der Waals surface area contributed by atoms with Gasteiger partial charge in [0.15, 0.2) is 5.65 Å². The van der Waals surface area contributed by atoms with E-state index >= 15 is 0 Å². The Bertz CT molecular complexity index is 983. The first kappa shape index (κ1) is 23.5. The van der Waals surface area contributed by atoms with Gasteiger partial charge in [0.25, 0.3) is 0 Å². The molecule has 30 heavy (non-hydrogen) atoms. The third-order valence-electron chi connectivity index (χ3n) is 3.47. The van der Waals surface area contributed by atoms with Crippen LogP contribution in [0, 0.1) is 11.5 Å². The number of pyridine rings is 1. The third-order valence-corrected chi connectivity index (χ3v) is 4.35. The number of imidazole rings is 1. The van der Waals surface area contributed by atoms with Crippen molar-refractivity contribution in [1.29, 1.82) is 0 Å². The molecule has 2 rings (SSSR count). The Morgan fingerprint density at radius 3 is 2.03 bits per heavy atom. The molecule has 0 unspecified atom stereocenters. The Morgan fingerprint density at radius 2 is 1.57 bits per heavy atom. The van der Waals surface area contributed by atoms with Crippen LogP contribution in [-0.2, 0) is 9.47 Å². The number of anilines is 1. The number of ether oxygens (including phenoxy) is 2. The first-order chi connectivity index (χ1) is 13.6. The minimum atomic E-state index is -1.59. The molecule has 0 N–H and O–H groups in total. The van der Waals surface area contributed by atoms with E-state index in [1.165, 1.54) is 0 Å². The summed E-state index contributed by atoms with van der Waals surface area (Å²) in [6, 6.07) is 3.36. The first-order valence-corrected chi connectivity index (χ1v) is 13.3. The molecule has 8 heteroatoms. The Morgan fingerprint density at radius 1 is 1.03 bits per heavy atom. The van der Waals surface area contributed by atoms with Crippen molar-refractivity contribution in [2.75, 3.05) is 4.90 Å². The summed E-state index contributed by atoms with van der Waals surface area (Å²) in [6.07, 6.45) is 1.77. The molecule has 0 aliphatic heterocycles. The van der Waals surface area contributed by atoms with Gasteiger partial charge >= 0.3 is 12.2 Å². The largest absolute Gasteiger partial charge is 0.443 e. The van der Waals surface area contributed by atoms with Crippen LogP contribution >= 0.6 is 0 Å². The average molecular weight is 430 g/mol. The number of hydrogen-bond donors (Lipinski definition) is 0. The molecule has 2 amide bonds. The normalized spacial score (nSPS) is 12.2. The van der Waals surface area contributed by atoms with Crippen LogP contribution in [-0.4, -0.2) is 40.8 Å². The molecule has 0 fully saturated rings. The lowest BCUT2D eigenvalue weighted by molar-refractivity contribution is 0.0431. The molecule has 0 aliphatic carbocycles. The zero-order valence-corrected chi connectivity index (χ0v) is 20.3. The molecule has 7 nitrogen and oxygen atoms in total. The first-order valence-electron chi connectivity index (χ1n) is 9.83. The maximum Gasteiger partial charge on any atom is 0.424 e. The maximum absolute atomic E-state index is 12.9. The molecule has 0 saturated carbocycles. The van der Waals surface area contributed by atoms with Gasteiger partial charge < -0.3 is 9.47 Å². The summed E-state index contributed by atoms with van der Waals surface area (Å²) >= 11 is 0. The van der Waals surface area contributed by atoms with Crippen molar-refractivity contribution < 1.29 is 19.1 Å². The van der Waals surface area contributed by atoms with Crippen molar-refractivity contribution in [2.45, 2.75) is 72.4 Å². The summed E-state index contributed by atoms with van der Waals surface area (Å²) in [5.74, 6) is 3.17. The molecule has 0 atom stereocenters. The van der Waals surface area contributed by atoms with Crippen molar-refractivity contribution in [1.82, 2.24) is 9.38 Å². The lowest BCUT2D eigenvalue weighted by Gasteiger charge is -2.28. The van der Waals surface area contributed by atoms with Gasteiger partial charge in [0.05, 0.1) is 6.20 Å². The second-order valence-electron chi connectivity index (χ2n) is 10.0. The maximum atomic E-state index is 12.9. The second-order valence-corrected chi connectivity index (χ2v) is 14.8. The van der Waals surface area contributed by atoms with Crippen LogP contribution in [0.3, 0.4) is 0 Å². The zero-order valence-electron chi connectivity index (χ0n) is 19.3. The number of imide groups is 1. The molecule has 2 aromatic rings. The standard InChI is InChI=1S/C22H31N3O4Si/c1-21(2,3)28-19(26)25(20(27)29-22(4,5)6)17-11-10-13-24-16(15-23-18(17)24)12-14-30(7,8)9/h10-11,13,15H,1-9H3. The highest BCUT2D eigenvalue weighted by Gasteiger charge is 2.34. The minimum absolute atomic E-state index is 0.266. The summed E-state index contributed by atoms with van der Waals surface area (Å²) in [5, 5.41) is 0. The van der Waals surface area contributed by atoms with E-state index in [9.17, 15) is 9.59 Å². The van der Waals surface area contributed by atoms with Gasteiger partial charge in [-0.2, -0.15) is 4.90 Å². The highest BCUT2D eigenvalue weighted by atomic mass is 28.3. The quantitative estimate of drug-likeness (QED) is 0.458. The molecule has 0 spiro atoms. The van der Waals surface area contributed by atoms with Crippen molar-refractivity contribution in [3.05, 3.63) is 30.2 Å². The number of aromatic nitrogens is 2. The van der Waals surface area contributed by atoms with Gasteiger partial charge in [-0.1, -0.05) is 25.6 Å². The predicted octanol–water partition coefficient (Wildman–Crippen LogP) is 5.24. The summed E-state index contributed by atoms with van der Waals surface area (Å²) in [5.41, 5.74) is 3.09. The monoisotopic (exact) mass is 429 g/mol. The number of fused-ring (bicyclic) bond motifs is 1. The molecular formula is C22H31N3O4Si. The SMILES string of the molecule is CC(C)(C)OC(=O)N(C(=O)OC(C)(C)C)c1cccn2c(C#C[Si](C)(C)C)cnc12. The smallest absolute Gasteiger partial charge is 0.424 e. The van der Waals surface area contributed by atoms with E-state index in [0.29, 0.717) is 11.3 Å². The second kappa shape index (κ2) is 8.15. The van der Waals surface area contributed by atoms with E-state index < -0.39 is 31.5 Å². The van der Waals surface area contributed by atoms with Gasteiger partial charge in [-0.15, -0.1) is 5.54 Å². The Hall–Kier alpha value is -2.79. The zero-order chi connectivity index (χ0) is 22.9. The average Bonchev–Trinajstić information content (AvgIpc) is 2.93. The van der Waals surface area contributed by atoms with Crippen molar-refractivity contribution >= 4 is 31.6 Å². The number of carbonyl (C=O) groups excluding carboxylic acids is 2. The summed E-state index contributed by atoms with van der Waals surface area (Å²) in [6.45, 7) is 16.9. The third kappa shape index (κ3) is 6.36. The molecule has 0 aromatic carbocycles. The van der Waals surface area contributed by atoms with Crippen LogP contribution in [0.2, 0.25) is 19.6 Å². The minimum Gasteiger partial charge on any atom is -0.443 e. The van der Waals surface area contributed by atoms with E-state index in [1.807, 2.05) is 0 Å². The Kier molecular flexibility index (Phi) is 6.38. The van der Waals surface area contributed by atoms with E-state index in [-0.39, 0.29) is 5.69 Å². The van der Waals surface area contributed by atoms with E-state index in [0.717, 1.165) is 4.90 Å². The number of hydrogen-bond acceptors (Lipinski definition) is 5. The van der Waals surface area contributed by atoms with Crippen molar-refractivity contribution in [2.24, 2.45) is 0 Å². The molecule has 0 radical (unpaired) electrons. The molecule has 0 saturated heterocycles. The van der Waals surface area contributed by atoms with E-state index in [2.05, 4.69) is 36.1 Å². The van der Waals surface area contributed by atoms with E-state index in [4.69, 9.17) is 9.47 Å². The fourth-order valence-electron chi connectivity index (χ4n) is 2.40. The summed E-state index contributed by atoms with van der Waals surface area (Å²) < 4.78 is 12.7. The van der Waals surface area contributed by atoms with Gasteiger partial charge in [-0.3, -0.25) is 4.40 Å². The number of amides is 2. The van der Waals surface area contributed by atoms with Crippen LogP contribution in [0.15, 0.2) is 24.5 Å². The Balaban J connectivity index is 2.60. The number of carbonyl (C=O) groups is 2. The lowest BCUT2D eigenvalue weighted by Crippen LogP contribution is -2.44. The fraction of sp³-hybridized carbons (Fsp3) is 0.500. The van der Waals surface area contributed by atoms with Gasteiger partial charge in [0.1, 0.15) is 30.7 Å². The van der Waals surface area contributed by atoms with Gasteiger partial charge in [0, 0.05) is 6.20 Å². The Labute approximate surface area is 179 Å². The van der Waals surface area contributed by atoms with Crippen molar-refractivity contribution in [3.8, 4) is 11.5 Å². The van der Waals surface area contributed by atoms with Crippen LogP contribution in [0.5, 0.6) is 0 Å². The van der Waals surface area contributed by atoms with Crippen LogP contribution in [0.25, 0.3) is 5.65 Å². The highest BCUT2D eigenvalue weighted by molar-refractivity contribution is 6.83. The predicted molar refractivity (Wildman–Crippen MR) is 120 cm³/mol. The number of rotatable bonds is 1. The summed E-state index contributed by atoms with van der Waals surface area (Å²) in [4.78, 5) is 31.2. The molecule has 0 bridgehead atoms. The van der Waals surface area contributed by atoms with Gasteiger partial charge in [-0.25, -0.2) is 14.6 Å². The topological polar surface area (TPSA) is 73.1 Å².